The first kappa shape index (κ1) is 18.8. The zero-order valence-electron chi connectivity index (χ0n) is 15.4. The van der Waals surface area contributed by atoms with Gasteiger partial charge in [-0.25, -0.2) is 4.98 Å². The van der Waals surface area contributed by atoms with Crippen LogP contribution in [-0.2, 0) is 0 Å². The summed E-state index contributed by atoms with van der Waals surface area (Å²) in [4.78, 5) is 21.8. The normalized spacial score (nSPS) is 11.3. The second-order valence-electron chi connectivity index (χ2n) is 6.70. The molecule has 3 aromatic rings. The maximum Gasteiger partial charge on any atom is 0.260 e. The summed E-state index contributed by atoms with van der Waals surface area (Å²) >= 11 is 7.69. The van der Waals surface area contributed by atoms with Gasteiger partial charge in [-0.3, -0.25) is 9.69 Å². The van der Waals surface area contributed by atoms with E-state index in [1.165, 1.54) is 11.3 Å². The van der Waals surface area contributed by atoms with Crippen molar-refractivity contribution in [1.29, 1.82) is 0 Å². The van der Waals surface area contributed by atoms with Crippen molar-refractivity contribution in [2.75, 3.05) is 32.1 Å². The second kappa shape index (κ2) is 7.74. The largest absolute Gasteiger partial charge is 0.308 e. The first-order valence-electron chi connectivity index (χ1n) is 8.45. The van der Waals surface area contributed by atoms with Crippen LogP contribution in [-0.4, -0.2) is 43.0 Å². The minimum Gasteiger partial charge on any atom is -0.308 e. The molecule has 0 aliphatic carbocycles. The Morgan fingerprint density at radius 2 is 1.92 bits per heavy atom. The average Bonchev–Trinajstić information content (AvgIpc) is 2.98. The smallest absolute Gasteiger partial charge is 0.260 e. The van der Waals surface area contributed by atoms with E-state index in [2.05, 4.69) is 4.90 Å². The topological polar surface area (TPSA) is 36.4 Å². The van der Waals surface area contributed by atoms with E-state index in [1.807, 2.05) is 64.3 Å². The highest BCUT2D eigenvalue weighted by Gasteiger charge is 2.22. The number of carbonyl (C=O) groups excluding carboxylic acids is 1. The van der Waals surface area contributed by atoms with Crippen molar-refractivity contribution in [3.63, 3.8) is 0 Å². The van der Waals surface area contributed by atoms with E-state index >= 15 is 0 Å². The maximum atomic E-state index is 13.2. The number of fused-ring (bicyclic) bond motifs is 1. The van der Waals surface area contributed by atoms with Gasteiger partial charge in [0, 0.05) is 23.7 Å². The van der Waals surface area contributed by atoms with Gasteiger partial charge in [0.25, 0.3) is 5.91 Å². The number of carbonyl (C=O) groups is 1. The van der Waals surface area contributed by atoms with Crippen LogP contribution >= 0.6 is 22.9 Å². The molecule has 6 heteroatoms. The van der Waals surface area contributed by atoms with E-state index in [9.17, 15) is 4.79 Å². The Morgan fingerprint density at radius 3 is 2.62 bits per heavy atom. The molecule has 0 aliphatic heterocycles. The van der Waals surface area contributed by atoms with E-state index in [4.69, 9.17) is 16.6 Å². The van der Waals surface area contributed by atoms with Crippen LogP contribution in [0.25, 0.3) is 10.2 Å². The zero-order chi connectivity index (χ0) is 18.8. The number of rotatable bonds is 5. The van der Waals surface area contributed by atoms with Crippen LogP contribution in [0.4, 0.5) is 5.13 Å². The van der Waals surface area contributed by atoms with Crippen LogP contribution < -0.4 is 4.90 Å². The Labute approximate surface area is 163 Å². The predicted octanol–water partition coefficient (Wildman–Crippen LogP) is 4.77. The van der Waals surface area contributed by atoms with Crippen molar-refractivity contribution in [3.05, 3.63) is 58.1 Å². The Hall–Kier alpha value is -1.95. The maximum absolute atomic E-state index is 13.2. The van der Waals surface area contributed by atoms with Gasteiger partial charge in [0.05, 0.1) is 10.2 Å². The van der Waals surface area contributed by atoms with Gasteiger partial charge in [-0.2, -0.15) is 0 Å². The van der Waals surface area contributed by atoms with Crippen LogP contribution in [0.15, 0.2) is 36.4 Å². The summed E-state index contributed by atoms with van der Waals surface area (Å²) in [6.45, 7) is 5.31. The highest BCUT2D eigenvalue weighted by atomic mass is 35.5. The number of nitrogens with zero attached hydrogens (tertiary/aromatic N) is 3. The number of halogens is 1. The Morgan fingerprint density at radius 1 is 1.15 bits per heavy atom. The average molecular weight is 388 g/mol. The fraction of sp³-hybridized carbons (Fsp3) is 0.300. The van der Waals surface area contributed by atoms with E-state index < -0.39 is 0 Å². The van der Waals surface area contributed by atoms with Crippen LogP contribution in [0.1, 0.15) is 21.5 Å². The number of amides is 1. The molecule has 26 heavy (non-hydrogen) atoms. The molecule has 0 aliphatic rings. The van der Waals surface area contributed by atoms with Gasteiger partial charge in [0.15, 0.2) is 5.13 Å². The van der Waals surface area contributed by atoms with E-state index in [0.717, 1.165) is 27.9 Å². The number of aromatic nitrogens is 1. The van der Waals surface area contributed by atoms with Crippen molar-refractivity contribution >= 4 is 44.2 Å². The lowest BCUT2D eigenvalue weighted by atomic mass is 10.1. The lowest BCUT2D eigenvalue weighted by Crippen LogP contribution is -2.36. The molecule has 1 heterocycles. The van der Waals surface area contributed by atoms with Gasteiger partial charge in [-0.05, 0) is 57.8 Å². The van der Waals surface area contributed by atoms with Crippen molar-refractivity contribution in [2.24, 2.45) is 0 Å². The highest BCUT2D eigenvalue weighted by molar-refractivity contribution is 7.22. The molecule has 4 nitrogen and oxygen atoms in total. The molecule has 1 amide bonds. The molecule has 0 bridgehead atoms. The van der Waals surface area contributed by atoms with Crippen LogP contribution in [0.5, 0.6) is 0 Å². The summed E-state index contributed by atoms with van der Waals surface area (Å²) in [5.41, 5.74) is 3.67. The molecule has 0 radical (unpaired) electrons. The molecular formula is C20H22ClN3OS. The van der Waals surface area contributed by atoms with Gasteiger partial charge in [-0.15, -0.1) is 0 Å². The van der Waals surface area contributed by atoms with Gasteiger partial charge >= 0.3 is 0 Å². The molecule has 0 fully saturated rings. The zero-order valence-corrected chi connectivity index (χ0v) is 17.0. The van der Waals surface area contributed by atoms with Gasteiger partial charge < -0.3 is 4.90 Å². The van der Waals surface area contributed by atoms with Crippen molar-refractivity contribution < 1.29 is 4.79 Å². The molecule has 2 aromatic carbocycles. The highest BCUT2D eigenvalue weighted by Crippen LogP contribution is 2.33. The molecule has 0 atom stereocenters. The fourth-order valence-corrected chi connectivity index (χ4v) is 4.22. The minimum atomic E-state index is -0.0293. The monoisotopic (exact) mass is 387 g/mol. The standard InChI is InChI=1S/C20H22ClN3OS/c1-13-6-5-7-15(10-13)19(25)24(9-8-23(3)4)20-22-18-14(2)11-16(21)12-17(18)26-20/h5-7,10-12H,8-9H2,1-4H3. The summed E-state index contributed by atoms with van der Waals surface area (Å²) in [6.07, 6.45) is 0. The third-order valence-corrected chi connectivity index (χ3v) is 5.39. The van der Waals surface area contributed by atoms with Crippen molar-refractivity contribution in [1.82, 2.24) is 9.88 Å². The Balaban J connectivity index is 2.03. The lowest BCUT2D eigenvalue weighted by molar-refractivity contribution is 0.0985. The lowest BCUT2D eigenvalue weighted by Gasteiger charge is -2.22. The summed E-state index contributed by atoms with van der Waals surface area (Å²) in [7, 11) is 4.00. The number of hydrogen-bond acceptors (Lipinski definition) is 4. The van der Waals surface area contributed by atoms with Crippen LogP contribution in [0.3, 0.4) is 0 Å². The molecule has 0 spiro atoms. The molecule has 0 unspecified atom stereocenters. The van der Waals surface area contributed by atoms with E-state index in [-0.39, 0.29) is 5.91 Å². The summed E-state index contributed by atoms with van der Waals surface area (Å²) in [5, 5.41) is 1.40. The van der Waals surface area contributed by atoms with E-state index in [1.54, 1.807) is 4.90 Å². The SMILES string of the molecule is Cc1cccc(C(=O)N(CCN(C)C)c2nc3c(C)cc(Cl)cc3s2)c1. The number of hydrogen-bond donors (Lipinski definition) is 0. The van der Waals surface area contributed by atoms with E-state index in [0.29, 0.717) is 22.3 Å². The van der Waals surface area contributed by atoms with Crippen LogP contribution in [0.2, 0.25) is 5.02 Å². The number of benzene rings is 2. The summed E-state index contributed by atoms with van der Waals surface area (Å²) in [5.74, 6) is -0.0293. The molecule has 136 valence electrons. The Kier molecular flexibility index (Phi) is 5.61. The van der Waals surface area contributed by atoms with Crippen molar-refractivity contribution in [3.8, 4) is 0 Å². The quantitative estimate of drug-likeness (QED) is 0.632. The van der Waals surface area contributed by atoms with Gasteiger partial charge in [-0.1, -0.05) is 40.6 Å². The molecular weight excluding hydrogens is 366 g/mol. The Bertz CT molecular complexity index is 951. The first-order valence-corrected chi connectivity index (χ1v) is 9.64. The molecule has 0 saturated carbocycles. The van der Waals surface area contributed by atoms with Crippen LogP contribution in [0, 0.1) is 13.8 Å². The minimum absolute atomic E-state index is 0.0293. The molecule has 3 rings (SSSR count). The number of aryl methyl sites for hydroxylation is 2. The predicted molar refractivity (Wildman–Crippen MR) is 111 cm³/mol. The molecule has 0 saturated heterocycles. The first-order chi connectivity index (χ1) is 12.3. The number of likely N-dealkylation sites (N-methyl/N-ethyl adjacent to an activating group) is 1. The summed E-state index contributed by atoms with van der Waals surface area (Å²) < 4.78 is 0.997. The molecule has 0 N–H and O–H groups in total. The molecule has 1 aromatic heterocycles. The van der Waals surface area contributed by atoms with Gasteiger partial charge in [0.2, 0.25) is 0 Å². The second-order valence-corrected chi connectivity index (χ2v) is 8.14. The number of thiazole rings is 1. The number of anilines is 1. The van der Waals surface area contributed by atoms with Gasteiger partial charge in [0.1, 0.15) is 0 Å². The third kappa shape index (κ3) is 4.06. The fourth-order valence-electron chi connectivity index (χ4n) is 2.78. The third-order valence-electron chi connectivity index (χ3n) is 4.15. The summed E-state index contributed by atoms with van der Waals surface area (Å²) in [6, 6.07) is 11.5. The van der Waals surface area contributed by atoms with Crippen molar-refractivity contribution in [2.45, 2.75) is 13.8 Å².